The van der Waals surface area contributed by atoms with E-state index in [0.717, 1.165) is 12.8 Å². The Labute approximate surface area is 80.3 Å². The van der Waals surface area contributed by atoms with Gasteiger partial charge in [-0.2, -0.15) is 0 Å². The zero-order valence-corrected chi connectivity index (χ0v) is 8.79. The topological polar surface area (TPSA) is 37.3 Å². The van der Waals surface area contributed by atoms with Gasteiger partial charge in [-0.1, -0.05) is 20.8 Å². The molecule has 13 heavy (non-hydrogen) atoms. The van der Waals surface area contributed by atoms with E-state index in [-0.39, 0.29) is 24.2 Å². The van der Waals surface area contributed by atoms with Gasteiger partial charge in [0.25, 0.3) is 0 Å². The first kappa shape index (κ1) is 10.7. The van der Waals surface area contributed by atoms with Crippen LogP contribution in [0.15, 0.2) is 0 Å². The van der Waals surface area contributed by atoms with Gasteiger partial charge in [-0.3, -0.25) is 4.79 Å². The minimum absolute atomic E-state index is 0.0341. The standard InChI is InChI=1S/C11H20O2/c1-7(2)9-4-8(3)11(13)10(5-9)6-12/h7-10,12H,4-6H2,1-3H3. The molecular formula is C11H20O2. The van der Waals surface area contributed by atoms with E-state index in [2.05, 4.69) is 13.8 Å². The summed E-state index contributed by atoms with van der Waals surface area (Å²) in [5.41, 5.74) is 0. The van der Waals surface area contributed by atoms with Gasteiger partial charge in [-0.25, -0.2) is 0 Å². The summed E-state index contributed by atoms with van der Waals surface area (Å²) in [6.07, 6.45) is 1.89. The van der Waals surface area contributed by atoms with Crippen LogP contribution in [0.5, 0.6) is 0 Å². The summed E-state index contributed by atoms with van der Waals surface area (Å²) in [7, 11) is 0. The fourth-order valence-electron chi connectivity index (χ4n) is 2.26. The third-order valence-electron chi connectivity index (χ3n) is 3.29. The number of hydrogen-bond acceptors (Lipinski definition) is 2. The molecule has 0 radical (unpaired) electrons. The van der Waals surface area contributed by atoms with Crippen molar-refractivity contribution in [3.8, 4) is 0 Å². The van der Waals surface area contributed by atoms with Gasteiger partial charge in [0.15, 0.2) is 0 Å². The van der Waals surface area contributed by atoms with Gasteiger partial charge in [-0.05, 0) is 24.7 Å². The van der Waals surface area contributed by atoms with Crippen LogP contribution in [0.2, 0.25) is 0 Å². The highest BCUT2D eigenvalue weighted by Crippen LogP contribution is 2.34. The van der Waals surface area contributed by atoms with E-state index in [9.17, 15) is 4.79 Å². The van der Waals surface area contributed by atoms with Crippen molar-refractivity contribution in [3.05, 3.63) is 0 Å². The first-order valence-corrected chi connectivity index (χ1v) is 5.20. The lowest BCUT2D eigenvalue weighted by molar-refractivity contribution is -0.131. The molecule has 1 rings (SSSR count). The third kappa shape index (κ3) is 2.31. The SMILES string of the molecule is CC1CC(C(C)C)CC(CO)C1=O. The van der Waals surface area contributed by atoms with Crippen molar-refractivity contribution in [2.45, 2.75) is 33.6 Å². The third-order valence-corrected chi connectivity index (χ3v) is 3.29. The molecule has 0 aliphatic heterocycles. The van der Waals surface area contributed by atoms with Crippen LogP contribution in [0.4, 0.5) is 0 Å². The smallest absolute Gasteiger partial charge is 0.141 e. The maximum Gasteiger partial charge on any atom is 0.141 e. The van der Waals surface area contributed by atoms with Gasteiger partial charge < -0.3 is 5.11 Å². The molecule has 0 bridgehead atoms. The fourth-order valence-corrected chi connectivity index (χ4v) is 2.26. The number of carbonyl (C=O) groups is 1. The molecule has 76 valence electrons. The molecule has 0 saturated heterocycles. The molecule has 0 aromatic heterocycles. The highest BCUT2D eigenvalue weighted by molar-refractivity contribution is 5.84. The Hall–Kier alpha value is -0.370. The number of aliphatic hydroxyl groups excluding tert-OH is 1. The monoisotopic (exact) mass is 184 g/mol. The van der Waals surface area contributed by atoms with Gasteiger partial charge in [0.2, 0.25) is 0 Å². The summed E-state index contributed by atoms with van der Waals surface area (Å²) in [5, 5.41) is 9.06. The van der Waals surface area contributed by atoms with Gasteiger partial charge in [0, 0.05) is 11.8 Å². The van der Waals surface area contributed by atoms with E-state index < -0.39 is 0 Å². The molecular weight excluding hydrogens is 164 g/mol. The van der Waals surface area contributed by atoms with Crippen LogP contribution in [0, 0.1) is 23.7 Å². The molecule has 0 amide bonds. The molecule has 3 unspecified atom stereocenters. The Kier molecular flexibility index (Phi) is 3.48. The Morgan fingerprint density at radius 3 is 2.54 bits per heavy atom. The Morgan fingerprint density at radius 1 is 1.46 bits per heavy atom. The van der Waals surface area contributed by atoms with Gasteiger partial charge in [0.05, 0.1) is 6.61 Å². The van der Waals surface area contributed by atoms with Crippen LogP contribution in [-0.2, 0) is 4.79 Å². The number of aliphatic hydroxyl groups is 1. The summed E-state index contributed by atoms with van der Waals surface area (Å²) in [6.45, 7) is 6.41. The molecule has 1 aliphatic carbocycles. The Morgan fingerprint density at radius 2 is 2.08 bits per heavy atom. The fraction of sp³-hybridized carbons (Fsp3) is 0.909. The maximum absolute atomic E-state index is 11.6. The zero-order valence-electron chi connectivity index (χ0n) is 8.79. The quantitative estimate of drug-likeness (QED) is 0.711. The number of Topliss-reactive ketones (excluding diaryl/α,β-unsaturated/α-hetero) is 1. The van der Waals surface area contributed by atoms with Gasteiger partial charge in [-0.15, -0.1) is 0 Å². The molecule has 1 N–H and O–H groups in total. The van der Waals surface area contributed by atoms with Crippen molar-refractivity contribution in [2.75, 3.05) is 6.61 Å². The second-order valence-electron chi connectivity index (χ2n) is 4.66. The Balaban J connectivity index is 2.63. The average Bonchev–Trinajstić information content (AvgIpc) is 2.09. The summed E-state index contributed by atoms with van der Waals surface area (Å²) < 4.78 is 0. The van der Waals surface area contributed by atoms with E-state index in [0.29, 0.717) is 11.8 Å². The number of hydrogen-bond donors (Lipinski definition) is 1. The van der Waals surface area contributed by atoms with Crippen molar-refractivity contribution < 1.29 is 9.90 Å². The zero-order chi connectivity index (χ0) is 10.0. The van der Waals surface area contributed by atoms with Crippen molar-refractivity contribution in [3.63, 3.8) is 0 Å². The predicted molar refractivity (Wildman–Crippen MR) is 52.3 cm³/mol. The summed E-state index contributed by atoms with van der Waals surface area (Å²) >= 11 is 0. The van der Waals surface area contributed by atoms with Crippen LogP contribution in [-0.4, -0.2) is 17.5 Å². The molecule has 1 aliphatic rings. The second-order valence-corrected chi connectivity index (χ2v) is 4.66. The minimum atomic E-state index is -0.0869. The highest BCUT2D eigenvalue weighted by Gasteiger charge is 2.34. The molecule has 3 atom stereocenters. The van der Waals surface area contributed by atoms with Crippen LogP contribution in [0.3, 0.4) is 0 Å². The first-order chi connectivity index (χ1) is 6.06. The molecule has 0 heterocycles. The molecule has 1 fully saturated rings. The molecule has 2 heteroatoms. The predicted octanol–water partition coefficient (Wildman–Crippen LogP) is 1.87. The average molecular weight is 184 g/mol. The lowest BCUT2D eigenvalue weighted by Gasteiger charge is -2.33. The lowest BCUT2D eigenvalue weighted by Crippen LogP contribution is -2.35. The molecule has 0 spiro atoms. The number of rotatable bonds is 2. The molecule has 2 nitrogen and oxygen atoms in total. The van der Waals surface area contributed by atoms with Crippen molar-refractivity contribution in [1.82, 2.24) is 0 Å². The van der Waals surface area contributed by atoms with E-state index in [1.807, 2.05) is 6.92 Å². The van der Waals surface area contributed by atoms with Gasteiger partial charge in [0.1, 0.15) is 5.78 Å². The minimum Gasteiger partial charge on any atom is -0.396 e. The molecule has 0 aromatic carbocycles. The maximum atomic E-state index is 11.6. The highest BCUT2D eigenvalue weighted by atomic mass is 16.3. The summed E-state index contributed by atoms with van der Waals surface area (Å²) in [5.74, 6) is 1.57. The van der Waals surface area contributed by atoms with Crippen LogP contribution >= 0.6 is 0 Å². The second kappa shape index (κ2) is 4.23. The molecule has 1 saturated carbocycles. The van der Waals surface area contributed by atoms with E-state index in [1.165, 1.54) is 0 Å². The number of carbonyl (C=O) groups excluding carboxylic acids is 1. The van der Waals surface area contributed by atoms with Crippen molar-refractivity contribution in [2.24, 2.45) is 23.7 Å². The largest absolute Gasteiger partial charge is 0.396 e. The lowest BCUT2D eigenvalue weighted by atomic mass is 9.71. The van der Waals surface area contributed by atoms with Crippen molar-refractivity contribution in [1.29, 1.82) is 0 Å². The van der Waals surface area contributed by atoms with Gasteiger partial charge >= 0.3 is 0 Å². The van der Waals surface area contributed by atoms with E-state index >= 15 is 0 Å². The van der Waals surface area contributed by atoms with Crippen LogP contribution in [0.1, 0.15) is 33.6 Å². The van der Waals surface area contributed by atoms with Crippen LogP contribution < -0.4 is 0 Å². The summed E-state index contributed by atoms with van der Waals surface area (Å²) in [4.78, 5) is 11.6. The summed E-state index contributed by atoms with van der Waals surface area (Å²) in [6, 6.07) is 0. The number of ketones is 1. The van der Waals surface area contributed by atoms with Crippen LogP contribution in [0.25, 0.3) is 0 Å². The van der Waals surface area contributed by atoms with E-state index in [1.54, 1.807) is 0 Å². The normalized spacial score (nSPS) is 35.5. The van der Waals surface area contributed by atoms with Crippen molar-refractivity contribution >= 4 is 5.78 Å². The molecule has 0 aromatic rings. The Bertz CT molecular complexity index is 187. The van der Waals surface area contributed by atoms with E-state index in [4.69, 9.17) is 5.11 Å². The first-order valence-electron chi connectivity index (χ1n) is 5.20.